The fourth-order valence-electron chi connectivity index (χ4n) is 1.31. The number of carbonyl (C=O) groups is 2. The van der Waals surface area contributed by atoms with E-state index in [-0.39, 0.29) is 6.61 Å². The van der Waals surface area contributed by atoms with E-state index in [1.54, 1.807) is 20.8 Å². The van der Waals surface area contributed by atoms with E-state index in [0.29, 0.717) is 26.4 Å². The summed E-state index contributed by atoms with van der Waals surface area (Å²) in [6.07, 6.45) is 1.56. The second kappa shape index (κ2) is 11.7. The number of nitrogens with one attached hydrogen (secondary N) is 1. The van der Waals surface area contributed by atoms with Crippen LogP contribution in [-0.2, 0) is 23.7 Å². The molecule has 0 aliphatic carbocycles. The molecule has 0 rings (SSSR count). The van der Waals surface area contributed by atoms with Gasteiger partial charge in [-0.2, -0.15) is 0 Å². The van der Waals surface area contributed by atoms with Crippen molar-refractivity contribution in [2.24, 2.45) is 0 Å². The van der Waals surface area contributed by atoms with Crippen molar-refractivity contribution in [2.45, 2.75) is 32.5 Å². The Morgan fingerprint density at radius 3 is 2.35 bits per heavy atom. The maximum absolute atomic E-state index is 11.3. The Morgan fingerprint density at radius 1 is 1.13 bits per heavy atom. The molecule has 1 unspecified atom stereocenters. The van der Waals surface area contributed by atoms with Gasteiger partial charge in [0.15, 0.2) is 0 Å². The Labute approximate surface area is 137 Å². The van der Waals surface area contributed by atoms with E-state index in [1.807, 2.05) is 0 Å². The Kier molecular flexibility index (Phi) is 10.7. The highest BCUT2D eigenvalue weighted by molar-refractivity contribution is 5.81. The lowest BCUT2D eigenvalue weighted by molar-refractivity contribution is -0.143. The molecule has 7 heteroatoms. The fourth-order valence-corrected chi connectivity index (χ4v) is 1.31. The maximum atomic E-state index is 11.3. The third kappa shape index (κ3) is 13.5. The number of hydrogen-bond acceptors (Lipinski definition) is 6. The normalized spacial score (nSPS) is 12.1. The molecular weight excluding hydrogens is 302 g/mol. The van der Waals surface area contributed by atoms with Gasteiger partial charge in [-0.15, -0.1) is 0 Å². The summed E-state index contributed by atoms with van der Waals surface area (Å²) in [5, 5.41) is 2.58. The SMILES string of the molecule is C=CC(=O)OC(C=C)COCCOCCNC(=O)OC(C)(C)C. The summed E-state index contributed by atoms with van der Waals surface area (Å²) in [7, 11) is 0. The topological polar surface area (TPSA) is 83.1 Å². The van der Waals surface area contributed by atoms with Crippen molar-refractivity contribution in [1.29, 1.82) is 0 Å². The van der Waals surface area contributed by atoms with E-state index in [1.165, 1.54) is 6.08 Å². The molecule has 0 aromatic carbocycles. The van der Waals surface area contributed by atoms with Gasteiger partial charge in [-0.3, -0.25) is 0 Å². The number of rotatable bonds is 11. The van der Waals surface area contributed by atoms with E-state index < -0.39 is 23.8 Å². The van der Waals surface area contributed by atoms with E-state index in [2.05, 4.69) is 18.5 Å². The highest BCUT2D eigenvalue weighted by Gasteiger charge is 2.15. The van der Waals surface area contributed by atoms with Gasteiger partial charge >= 0.3 is 12.1 Å². The largest absolute Gasteiger partial charge is 0.453 e. The molecule has 0 radical (unpaired) electrons. The third-order valence-corrected chi connectivity index (χ3v) is 2.27. The second-order valence-electron chi connectivity index (χ2n) is 5.53. The number of hydrogen-bond donors (Lipinski definition) is 1. The van der Waals surface area contributed by atoms with Gasteiger partial charge in [0.1, 0.15) is 11.7 Å². The standard InChI is InChI=1S/C16H27NO6/c1-6-13(22-14(18)7-2)12-21-11-10-20-9-8-17-15(19)23-16(3,4)5/h6-7,13H,1-2,8-12H2,3-5H3,(H,17,19). The van der Waals surface area contributed by atoms with E-state index in [9.17, 15) is 9.59 Å². The van der Waals surface area contributed by atoms with Gasteiger partial charge in [0, 0.05) is 12.6 Å². The third-order valence-electron chi connectivity index (χ3n) is 2.27. The van der Waals surface area contributed by atoms with Gasteiger partial charge in [-0.1, -0.05) is 13.2 Å². The van der Waals surface area contributed by atoms with Gasteiger partial charge in [0.05, 0.1) is 26.4 Å². The molecule has 0 aromatic rings. The van der Waals surface area contributed by atoms with Crippen LogP contribution in [0.25, 0.3) is 0 Å². The highest BCUT2D eigenvalue weighted by Crippen LogP contribution is 2.06. The highest BCUT2D eigenvalue weighted by atomic mass is 16.6. The molecule has 1 amide bonds. The van der Waals surface area contributed by atoms with Crippen LogP contribution in [0.2, 0.25) is 0 Å². The molecule has 0 fully saturated rings. The van der Waals surface area contributed by atoms with Crippen LogP contribution in [0, 0.1) is 0 Å². The summed E-state index contributed by atoms with van der Waals surface area (Å²) in [6.45, 7) is 13.8. The monoisotopic (exact) mass is 329 g/mol. The number of carbonyl (C=O) groups excluding carboxylic acids is 2. The first-order valence-electron chi connectivity index (χ1n) is 7.36. The molecule has 1 N–H and O–H groups in total. The summed E-state index contributed by atoms with van der Waals surface area (Å²) >= 11 is 0. The van der Waals surface area contributed by atoms with Crippen LogP contribution in [-0.4, -0.2) is 56.7 Å². The van der Waals surface area contributed by atoms with Crippen LogP contribution < -0.4 is 5.32 Å². The summed E-state index contributed by atoms with van der Waals surface area (Å²) < 4.78 is 20.6. The average molecular weight is 329 g/mol. The first-order chi connectivity index (χ1) is 10.8. The van der Waals surface area contributed by atoms with Crippen LogP contribution in [0.5, 0.6) is 0 Å². The molecule has 0 saturated heterocycles. The summed E-state index contributed by atoms with van der Waals surface area (Å²) in [5.74, 6) is -0.525. The Hall–Kier alpha value is -1.86. The zero-order valence-electron chi connectivity index (χ0n) is 14.1. The van der Waals surface area contributed by atoms with E-state index in [4.69, 9.17) is 18.9 Å². The fraction of sp³-hybridized carbons (Fsp3) is 0.625. The van der Waals surface area contributed by atoms with Crippen LogP contribution in [0.3, 0.4) is 0 Å². The minimum Gasteiger partial charge on any atom is -0.453 e. The Morgan fingerprint density at radius 2 is 1.78 bits per heavy atom. The maximum Gasteiger partial charge on any atom is 0.407 e. The summed E-state index contributed by atoms with van der Waals surface area (Å²) in [5.41, 5.74) is -0.518. The molecule has 0 aromatic heterocycles. The van der Waals surface area contributed by atoms with Crippen LogP contribution in [0.4, 0.5) is 4.79 Å². The van der Waals surface area contributed by atoms with Crippen molar-refractivity contribution < 1.29 is 28.5 Å². The van der Waals surface area contributed by atoms with Crippen LogP contribution >= 0.6 is 0 Å². The predicted octanol–water partition coefficient (Wildman–Crippen LogP) is 1.83. The Bertz CT molecular complexity index is 389. The van der Waals surface area contributed by atoms with Crippen LogP contribution in [0.15, 0.2) is 25.3 Å². The molecule has 0 bridgehead atoms. The average Bonchev–Trinajstić information content (AvgIpc) is 2.46. The van der Waals surface area contributed by atoms with Gasteiger partial charge in [-0.05, 0) is 26.8 Å². The minimum atomic E-state index is -0.525. The first-order valence-corrected chi connectivity index (χ1v) is 7.36. The van der Waals surface area contributed by atoms with Crippen molar-refractivity contribution in [3.8, 4) is 0 Å². The summed E-state index contributed by atoms with van der Waals surface area (Å²) in [4.78, 5) is 22.4. The van der Waals surface area contributed by atoms with E-state index in [0.717, 1.165) is 6.08 Å². The molecule has 0 spiro atoms. The molecule has 23 heavy (non-hydrogen) atoms. The Balaban J connectivity index is 3.55. The van der Waals surface area contributed by atoms with Crippen molar-refractivity contribution >= 4 is 12.1 Å². The molecule has 0 aliphatic heterocycles. The van der Waals surface area contributed by atoms with Crippen molar-refractivity contribution in [1.82, 2.24) is 5.32 Å². The number of amides is 1. The van der Waals surface area contributed by atoms with Gasteiger partial charge < -0.3 is 24.3 Å². The smallest absolute Gasteiger partial charge is 0.407 e. The van der Waals surface area contributed by atoms with Crippen LogP contribution in [0.1, 0.15) is 20.8 Å². The predicted molar refractivity (Wildman–Crippen MR) is 86.1 cm³/mol. The molecule has 0 aliphatic rings. The lowest BCUT2D eigenvalue weighted by Crippen LogP contribution is -2.34. The lowest BCUT2D eigenvalue weighted by Gasteiger charge is -2.19. The lowest BCUT2D eigenvalue weighted by atomic mass is 10.2. The first kappa shape index (κ1) is 21.1. The van der Waals surface area contributed by atoms with Crippen molar-refractivity contribution in [3.63, 3.8) is 0 Å². The number of esters is 1. The molecule has 0 heterocycles. The zero-order chi connectivity index (χ0) is 17.7. The molecule has 0 saturated carbocycles. The number of alkyl carbamates (subject to hydrolysis) is 1. The molecule has 132 valence electrons. The molecule has 1 atom stereocenters. The van der Waals surface area contributed by atoms with Crippen molar-refractivity contribution in [3.05, 3.63) is 25.3 Å². The molecule has 7 nitrogen and oxygen atoms in total. The van der Waals surface area contributed by atoms with Gasteiger partial charge in [0.2, 0.25) is 0 Å². The van der Waals surface area contributed by atoms with E-state index >= 15 is 0 Å². The quantitative estimate of drug-likeness (QED) is 0.269. The second-order valence-corrected chi connectivity index (χ2v) is 5.53. The number of ether oxygens (including phenoxy) is 4. The molecular formula is C16H27NO6. The van der Waals surface area contributed by atoms with Gasteiger partial charge in [0.25, 0.3) is 0 Å². The minimum absolute atomic E-state index is 0.197. The zero-order valence-corrected chi connectivity index (χ0v) is 14.1. The summed E-state index contributed by atoms with van der Waals surface area (Å²) in [6, 6.07) is 0. The van der Waals surface area contributed by atoms with Gasteiger partial charge in [-0.25, -0.2) is 9.59 Å². The van der Waals surface area contributed by atoms with Crippen molar-refractivity contribution in [2.75, 3.05) is 33.0 Å².